The number of benzene rings is 1. The number of rotatable bonds is 8. The summed E-state index contributed by atoms with van der Waals surface area (Å²) in [5.74, 6) is 1.28. The molecule has 0 amide bonds. The van der Waals surface area contributed by atoms with Crippen molar-refractivity contribution < 1.29 is 0 Å². The first-order valence-electron chi connectivity index (χ1n) is 7.04. The highest BCUT2D eigenvalue weighted by Gasteiger charge is 2.17. The van der Waals surface area contributed by atoms with Gasteiger partial charge >= 0.3 is 0 Å². The molecule has 0 spiro atoms. The molecule has 102 valence electrons. The molecule has 0 aliphatic rings. The van der Waals surface area contributed by atoms with Crippen molar-refractivity contribution in [2.45, 2.75) is 51.3 Å². The monoisotopic (exact) mass is 265 g/mol. The molecule has 0 aromatic heterocycles. The fourth-order valence-electron chi connectivity index (χ4n) is 2.16. The summed E-state index contributed by atoms with van der Waals surface area (Å²) in [6, 6.07) is 9.36. The third kappa shape index (κ3) is 5.03. The third-order valence-electron chi connectivity index (χ3n) is 3.35. The molecule has 18 heavy (non-hydrogen) atoms. The topological polar surface area (TPSA) is 12.0 Å². The van der Waals surface area contributed by atoms with Crippen LogP contribution in [0.2, 0.25) is 0 Å². The van der Waals surface area contributed by atoms with E-state index in [4.69, 9.17) is 0 Å². The van der Waals surface area contributed by atoms with Gasteiger partial charge in [-0.25, -0.2) is 0 Å². The normalized spacial score (nSPS) is 14.4. The van der Waals surface area contributed by atoms with Crippen LogP contribution < -0.4 is 5.32 Å². The molecule has 0 saturated heterocycles. The summed E-state index contributed by atoms with van der Waals surface area (Å²) < 4.78 is 0. The first-order valence-corrected chi connectivity index (χ1v) is 8.09. The fourth-order valence-corrected chi connectivity index (χ4v) is 3.39. The summed E-state index contributed by atoms with van der Waals surface area (Å²) in [6.45, 7) is 6.73. The van der Waals surface area contributed by atoms with E-state index in [1.165, 1.54) is 36.1 Å². The lowest BCUT2D eigenvalue weighted by molar-refractivity contribution is 0.588. The van der Waals surface area contributed by atoms with Crippen molar-refractivity contribution >= 4 is 11.8 Å². The number of aryl methyl sites for hydroxylation is 1. The lowest BCUT2D eigenvalue weighted by Gasteiger charge is -2.24. The average molecular weight is 265 g/mol. The molecule has 1 aromatic carbocycles. The van der Waals surface area contributed by atoms with Gasteiger partial charge in [-0.15, -0.1) is 0 Å². The van der Waals surface area contributed by atoms with Crippen LogP contribution in [0, 0.1) is 6.92 Å². The van der Waals surface area contributed by atoms with Gasteiger partial charge in [0.15, 0.2) is 0 Å². The van der Waals surface area contributed by atoms with E-state index < -0.39 is 0 Å². The predicted molar refractivity (Wildman–Crippen MR) is 84.4 cm³/mol. The SMILES string of the molecule is CCCCCSC(C)C(NC)c1ccc(C)cc1. The van der Waals surface area contributed by atoms with Crippen LogP contribution in [0.5, 0.6) is 0 Å². The Balaban J connectivity index is 2.51. The molecule has 2 heteroatoms. The van der Waals surface area contributed by atoms with Crippen molar-refractivity contribution in [3.8, 4) is 0 Å². The van der Waals surface area contributed by atoms with E-state index in [9.17, 15) is 0 Å². The van der Waals surface area contributed by atoms with E-state index in [1.807, 2.05) is 0 Å². The minimum absolute atomic E-state index is 0.456. The number of hydrogen-bond donors (Lipinski definition) is 1. The van der Waals surface area contributed by atoms with Gasteiger partial charge in [-0.2, -0.15) is 11.8 Å². The molecule has 1 N–H and O–H groups in total. The minimum Gasteiger partial charge on any atom is -0.312 e. The number of hydrogen-bond acceptors (Lipinski definition) is 2. The van der Waals surface area contributed by atoms with Crippen LogP contribution in [-0.2, 0) is 0 Å². The molecule has 1 rings (SSSR count). The maximum atomic E-state index is 3.46. The van der Waals surface area contributed by atoms with E-state index in [1.54, 1.807) is 0 Å². The first-order chi connectivity index (χ1) is 8.69. The zero-order valence-corrected chi connectivity index (χ0v) is 13.0. The van der Waals surface area contributed by atoms with E-state index >= 15 is 0 Å². The Bertz CT molecular complexity index is 320. The fraction of sp³-hybridized carbons (Fsp3) is 0.625. The molecule has 0 aliphatic carbocycles. The van der Waals surface area contributed by atoms with Crippen LogP contribution in [-0.4, -0.2) is 18.1 Å². The molecule has 0 heterocycles. The van der Waals surface area contributed by atoms with E-state index in [0.717, 1.165) is 0 Å². The molecule has 0 aliphatic heterocycles. The zero-order valence-electron chi connectivity index (χ0n) is 12.2. The lowest BCUT2D eigenvalue weighted by Crippen LogP contribution is -2.25. The molecule has 1 nitrogen and oxygen atoms in total. The van der Waals surface area contributed by atoms with Crippen LogP contribution in [0.4, 0.5) is 0 Å². The first kappa shape index (κ1) is 15.6. The van der Waals surface area contributed by atoms with Crippen LogP contribution in [0.15, 0.2) is 24.3 Å². The summed E-state index contributed by atoms with van der Waals surface area (Å²) in [7, 11) is 2.06. The van der Waals surface area contributed by atoms with Crippen LogP contribution >= 0.6 is 11.8 Å². The Hall–Kier alpha value is -0.470. The highest BCUT2D eigenvalue weighted by Crippen LogP contribution is 2.27. The Kier molecular flexibility index (Phi) is 7.45. The summed E-state index contributed by atoms with van der Waals surface area (Å²) in [5.41, 5.74) is 2.73. The van der Waals surface area contributed by atoms with Gasteiger partial charge in [-0.05, 0) is 31.7 Å². The quantitative estimate of drug-likeness (QED) is 0.691. The van der Waals surface area contributed by atoms with Gasteiger partial charge in [0.1, 0.15) is 0 Å². The van der Waals surface area contributed by atoms with Gasteiger partial charge in [-0.1, -0.05) is 56.5 Å². The maximum absolute atomic E-state index is 3.46. The molecule has 0 fully saturated rings. The molecule has 0 radical (unpaired) electrons. The van der Waals surface area contributed by atoms with E-state index in [2.05, 4.69) is 69.2 Å². The smallest absolute Gasteiger partial charge is 0.0435 e. The molecule has 0 bridgehead atoms. The van der Waals surface area contributed by atoms with Gasteiger partial charge in [0.05, 0.1) is 0 Å². The Labute approximate surface area is 117 Å². The second-order valence-corrected chi connectivity index (χ2v) is 6.45. The largest absolute Gasteiger partial charge is 0.312 e. The van der Waals surface area contributed by atoms with Crippen molar-refractivity contribution in [2.75, 3.05) is 12.8 Å². The average Bonchev–Trinajstić information content (AvgIpc) is 2.38. The second-order valence-electron chi connectivity index (χ2n) is 4.96. The minimum atomic E-state index is 0.456. The molecule has 2 unspecified atom stereocenters. The van der Waals surface area contributed by atoms with E-state index in [0.29, 0.717) is 11.3 Å². The molecule has 1 aromatic rings. The standard InChI is InChI=1S/C16H27NS/c1-5-6-7-12-18-14(3)16(17-4)15-10-8-13(2)9-11-15/h8-11,14,16-17H,5-7,12H2,1-4H3. The maximum Gasteiger partial charge on any atom is 0.0435 e. The van der Waals surface area contributed by atoms with Gasteiger partial charge in [0, 0.05) is 11.3 Å². The molecule has 0 saturated carbocycles. The second kappa shape index (κ2) is 8.60. The Morgan fingerprint density at radius 1 is 1.17 bits per heavy atom. The van der Waals surface area contributed by atoms with Gasteiger partial charge in [0.2, 0.25) is 0 Å². The predicted octanol–water partition coefficient (Wildman–Crippen LogP) is 4.57. The summed E-state index contributed by atoms with van der Waals surface area (Å²) in [4.78, 5) is 0. The molecule has 2 atom stereocenters. The third-order valence-corrected chi connectivity index (χ3v) is 4.67. The van der Waals surface area contributed by atoms with Crippen molar-refractivity contribution in [1.29, 1.82) is 0 Å². The van der Waals surface area contributed by atoms with Crippen molar-refractivity contribution in [3.63, 3.8) is 0 Å². The number of thioether (sulfide) groups is 1. The highest BCUT2D eigenvalue weighted by atomic mass is 32.2. The Morgan fingerprint density at radius 2 is 1.83 bits per heavy atom. The van der Waals surface area contributed by atoms with Crippen molar-refractivity contribution in [1.82, 2.24) is 5.32 Å². The van der Waals surface area contributed by atoms with Gasteiger partial charge in [0.25, 0.3) is 0 Å². The van der Waals surface area contributed by atoms with Crippen LogP contribution in [0.1, 0.15) is 50.3 Å². The summed E-state index contributed by atoms with van der Waals surface area (Å²) in [6.07, 6.45) is 4.01. The van der Waals surface area contributed by atoms with Gasteiger partial charge in [-0.3, -0.25) is 0 Å². The summed E-state index contributed by atoms with van der Waals surface area (Å²) >= 11 is 2.09. The van der Waals surface area contributed by atoms with Crippen molar-refractivity contribution in [3.05, 3.63) is 35.4 Å². The summed E-state index contributed by atoms with van der Waals surface area (Å²) in [5, 5.41) is 4.08. The number of nitrogens with one attached hydrogen (secondary N) is 1. The number of unbranched alkanes of at least 4 members (excludes halogenated alkanes) is 2. The molecular weight excluding hydrogens is 238 g/mol. The van der Waals surface area contributed by atoms with Crippen LogP contribution in [0.3, 0.4) is 0 Å². The van der Waals surface area contributed by atoms with Crippen LogP contribution in [0.25, 0.3) is 0 Å². The van der Waals surface area contributed by atoms with Crippen molar-refractivity contribution in [2.24, 2.45) is 0 Å². The van der Waals surface area contributed by atoms with E-state index in [-0.39, 0.29) is 0 Å². The molecular formula is C16H27NS. The highest BCUT2D eigenvalue weighted by molar-refractivity contribution is 7.99. The zero-order chi connectivity index (χ0) is 13.4. The Morgan fingerprint density at radius 3 is 2.39 bits per heavy atom. The lowest BCUT2D eigenvalue weighted by atomic mass is 10.0. The van der Waals surface area contributed by atoms with Gasteiger partial charge < -0.3 is 5.32 Å².